The van der Waals surface area contributed by atoms with Crippen LogP contribution >= 0.6 is 0 Å². The van der Waals surface area contributed by atoms with Crippen molar-refractivity contribution in [2.45, 2.75) is 45.1 Å². The van der Waals surface area contributed by atoms with Crippen molar-refractivity contribution in [1.29, 1.82) is 0 Å². The summed E-state index contributed by atoms with van der Waals surface area (Å²) >= 11 is 0. The number of ether oxygens (including phenoxy) is 1. The maximum Gasteiger partial charge on any atom is 0.272 e. The summed E-state index contributed by atoms with van der Waals surface area (Å²) in [5.41, 5.74) is -0.353. The van der Waals surface area contributed by atoms with E-state index in [1.165, 1.54) is 12.1 Å². The third-order valence-corrected chi connectivity index (χ3v) is 3.91. The number of carbonyl (C=O) groups is 1. The van der Waals surface area contributed by atoms with Crippen molar-refractivity contribution in [2.75, 3.05) is 11.9 Å². The minimum Gasteiger partial charge on any atom is -0.371 e. The Morgan fingerprint density at radius 1 is 1.52 bits per heavy atom. The predicted molar refractivity (Wildman–Crippen MR) is 88.4 cm³/mol. The van der Waals surface area contributed by atoms with Crippen molar-refractivity contribution in [3.8, 4) is 0 Å². The molecule has 0 aliphatic carbocycles. The number of hydrogen-bond acceptors (Lipinski definition) is 6. The zero-order chi connectivity index (χ0) is 18.6. The van der Waals surface area contributed by atoms with E-state index in [9.17, 15) is 24.4 Å². The normalized spacial score (nSPS) is 21.2. The van der Waals surface area contributed by atoms with E-state index in [-0.39, 0.29) is 23.2 Å². The highest BCUT2D eigenvalue weighted by molar-refractivity contribution is 5.85. The van der Waals surface area contributed by atoms with Crippen molar-refractivity contribution >= 4 is 17.3 Å². The van der Waals surface area contributed by atoms with Crippen molar-refractivity contribution in [2.24, 2.45) is 5.92 Å². The fraction of sp³-hybridized carbons (Fsp3) is 0.562. The van der Waals surface area contributed by atoms with Gasteiger partial charge in [-0.1, -0.05) is 13.8 Å². The molecule has 3 unspecified atom stereocenters. The molecule has 25 heavy (non-hydrogen) atoms. The number of hydrogen-bond donors (Lipinski definition) is 3. The quantitative estimate of drug-likeness (QED) is 0.507. The van der Waals surface area contributed by atoms with Crippen LogP contribution in [0.25, 0.3) is 0 Å². The molecule has 1 aromatic carbocycles. The second-order valence-electron chi connectivity index (χ2n) is 6.41. The van der Waals surface area contributed by atoms with Crippen LogP contribution in [0.4, 0.5) is 15.8 Å². The molecule has 3 N–H and O–H groups in total. The molecule has 1 amide bonds. The van der Waals surface area contributed by atoms with Gasteiger partial charge in [-0.2, -0.15) is 0 Å². The molecule has 0 bridgehead atoms. The molecule has 138 valence electrons. The maximum absolute atomic E-state index is 14.1. The molecular weight excluding hydrogens is 333 g/mol. The number of non-ortho nitro benzene ring substituents is 1. The number of halogens is 1. The van der Waals surface area contributed by atoms with Gasteiger partial charge in [0.2, 0.25) is 5.91 Å². The highest BCUT2D eigenvalue weighted by Gasteiger charge is 2.30. The van der Waals surface area contributed by atoms with Crippen LogP contribution in [0.15, 0.2) is 18.2 Å². The summed E-state index contributed by atoms with van der Waals surface area (Å²) in [6.07, 6.45) is -0.140. The minimum atomic E-state index is -1.06. The van der Waals surface area contributed by atoms with E-state index in [0.717, 1.165) is 6.07 Å². The van der Waals surface area contributed by atoms with Crippen LogP contribution in [0, 0.1) is 21.8 Å². The van der Waals surface area contributed by atoms with Crippen molar-refractivity contribution < 1.29 is 24.0 Å². The summed E-state index contributed by atoms with van der Waals surface area (Å²) in [5.74, 6) is -1.05. The first-order chi connectivity index (χ1) is 11.8. The number of aliphatic hydroxyl groups is 1. The summed E-state index contributed by atoms with van der Waals surface area (Å²) in [4.78, 5) is 22.5. The number of nitro benzene ring substituents is 1. The molecule has 2 rings (SSSR count). The SMILES string of the molecule is CC(C)CC(Nc1ccc([N+](=O)[O-])cc1F)C(=O)NC1CCOC1O. The number of nitrogens with one attached hydrogen (secondary N) is 2. The lowest BCUT2D eigenvalue weighted by molar-refractivity contribution is -0.385. The Labute approximate surface area is 144 Å². The number of anilines is 1. The highest BCUT2D eigenvalue weighted by atomic mass is 19.1. The second kappa shape index (κ2) is 8.21. The number of amides is 1. The van der Waals surface area contributed by atoms with E-state index in [0.29, 0.717) is 19.4 Å². The molecule has 0 aromatic heterocycles. The van der Waals surface area contributed by atoms with E-state index in [4.69, 9.17) is 4.74 Å². The second-order valence-corrected chi connectivity index (χ2v) is 6.41. The number of aliphatic hydroxyl groups excluding tert-OH is 1. The number of rotatable bonds is 7. The zero-order valence-corrected chi connectivity index (χ0v) is 14.1. The number of nitrogens with zero attached hydrogens (tertiary/aromatic N) is 1. The summed E-state index contributed by atoms with van der Waals surface area (Å²) in [5, 5.41) is 25.8. The van der Waals surface area contributed by atoms with Crippen molar-refractivity contribution in [3.05, 3.63) is 34.1 Å². The fourth-order valence-corrected chi connectivity index (χ4v) is 2.63. The monoisotopic (exact) mass is 355 g/mol. The van der Waals surface area contributed by atoms with Crippen LogP contribution < -0.4 is 10.6 Å². The number of nitro groups is 1. The topological polar surface area (TPSA) is 114 Å². The molecule has 3 atom stereocenters. The van der Waals surface area contributed by atoms with Gasteiger partial charge in [0.25, 0.3) is 5.69 Å². The molecule has 1 aliphatic rings. The van der Waals surface area contributed by atoms with Gasteiger partial charge in [-0.15, -0.1) is 0 Å². The standard InChI is InChI=1S/C16H22FN3O5/c1-9(2)7-14(15(21)19-13-5-6-25-16(13)22)18-12-4-3-10(20(23)24)8-11(12)17/h3-4,8-9,13-14,16,18,22H,5-7H2,1-2H3,(H,19,21). The van der Waals surface area contributed by atoms with E-state index in [2.05, 4.69) is 10.6 Å². The zero-order valence-electron chi connectivity index (χ0n) is 14.1. The van der Waals surface area contributed by atoms with E-state index >= 15 is 0 Å². The van der Waals surface area contributed by atoms with Gasteiger partial charge < -0.3 is 20.5 Å². The molecule has 1 fully saturated rings. The van der Waals surface area contributed by atoms with E-state index < -0.39 is 29.1 Å². The summed E-state index contributed by atoms with van der Waals surface area (Å²) in [6, 6.07) is 1.96. The van der Waals surface area contributed by atoms with Crippen LogP contribution in [-0.2, 0) is 9.53 Å². The average Bonchev–Trinajstić information content (AvgIpc) is 2.92. The number of benzene rings is 1. The van der Waals surface area contributed by atoms with Crippen molar-refractivity contribution in [1.82, 2.24) is 5.32 Å². The summed E-state index contributed by atoms with van der Waals surface area (Å²) in [7, 11) is 0. The largest absolute Gasteiger partial charge is 0.371 e. The van der Waals surface area contributed by atoms with Crippen LogP contribution in [0.5, 0.6) is 0 Å². The van der Waals surface area contributed by atoms with Crippen LogP contribution in [0.3, 0.4) is 0 Å². The fourth-order valence-electron chi connectivity index (χ4n) is 2.63. The molecular formula is C16H22FN3O5. The molecule has 1 heterocycles. The molecule has 1 aliphatic heterocycles. The molecule has 9 heteroatoms. The summed E-state index contributed by atoms with van der Waals surface area (Å²) < 4.78 is 19.1. The molecule has 1 saturated heterocycles. The lowest BCUT2D eigenvalue weighted by Gasteiger charge is -2.24. The average molecular weight is 355 g/mol. The van der Waals surface area contributed by atoms with Crippen LogP contribution in [0.1, 0.15) is 26.7 Å². The Balaban J connectivity index is 2.11. The minimum absolute atomic E-state index is 0.00891. The molecule has 8 nitrogen and oxygen atoms in total. The van der Waals surface area contributed by atoms with Gasteiger partial charge in [-0.25, -0.2) is 4.39 Å². The van der Waals surface area contributed by atoms with Gasteiger partial charge in [0.15, 0.2) is 12.1 Å². The molecule has 0 spiro atoms. The Kier molecular flexibility index (Phi) is 6.27. The predicted octanol–water partition coefficient (Wildman–Crippen LogP) is 1.78. The first-order valence-corrected chi connectivity index (χ1v) is 8.08. The van der Waals surface area contributed by atoms with Crippen molar-refractivity contribution in [3.63, 3.8) is 0 Å². The molecule has 0 saturated carbocycles. The van der Waals surface area contributed by atoms with Gasteiger partial charge >= 0.3 is 0 Å². The number of carbonyl (C=O) groups excluding carboxylic acids is 1. The third kappa shape index (κ3) is 5.10. The van der Waals surface area contributed by atoms with Gasteiger partial charge in [-0.05, 0) is 24.8 Å². The third-order valence-electron chi connectivity index (χ3n) is 3.91. The lowest BCUT2D eigenvalue weighted by atomic mass is 10.0. The lowest BCUT2D eigenvalue weighted by Crippen LogP contribution is -2.48. The molecule has 0 radical (unpaired) electrons. The van der Waals surface area contributed by atoms with E-state index in [1.54, 1.807) is 0 Å². The van der Waals surface area contributed by atoms with Crippen LogP contribution in [-0.4, -0.2) is 40.9 Å². The highest BCUT2D eigenvalue weighted by Crippen LogP contribution is 2.23. The van der Waals surface area contributed by atoms with Gasteiger partial charge in [0.1, 0.15) is 6.04 Å². The van der Waals surface area contributed by atoms with Gasteiger partial charge in [0.05, 0.1) is 29.3 Å². The Morgan fingerprint density at radius 2 is 2.24 bits per heavy atom. The van der Waals surface area contributed by atoms with Crippen LogP contribution in [0.2, 0.25) is 0 Å². The van der Waals surface area contributed by atoms with Gasteiger partial charge in [0, 0.05) is 6.07 Å². The maximum atomic E-state index is 14.1. The van der Waals surface area contributed by atoms with Gasteiger partial charge in [-0.3, -0.25) is 14.9 Å². The van der Waals surface area contributed by atoms with E-state index in [1.807, 2.05) is 13.8 Å². The Morgan fingerprint density at radius 3 is 2.76 bits per heavy atom. The summed E-state index contributed by atoms with van der Waals surface area (Å²) in [6.45, 7) is 4.19. The molecule has 1 aromatic rings. The smallest absolute Gasteiger partial charge is 0.272 e. The first-order valence-electron chi connectivity index (χ1n) is 8.08. The first kappa shape index (κ1) is 19.1. The Hall–Kier alpha value is -2.26. The Bertz CT molecular complexity index is 640.